The maximum Gasteiger partial charge on any atom is 0.0343 e. The van der Waals surface area contributed by atoms with E-state index in [0.29, 0.717) is 0 Å². The Hall–Kier alpha value is -1.02. The van der Waals surface area contributed by atoms with Crippen LogP contribution in [0.3, 0.4) is 0 Å². The molecule has 2 nitrogen and oxygen atoms in total. The van der Waals surface area contributed by atoms with E-state index in [0.717, 1.165) is 19.5 Å². The van der Waals surface area contributed by atoms with E-state index in [1.54, 1.807) is 0 Å². The van der Waals surface area contributed by atoms with Crippen LogP contribution < -0.4 is 5.32 Å². The zero-order valence-electron chi connectivity index (χ0n) is 10.3. The minimum absolute atomic E-state index is 0.999. The van der Waals surface area contributed by atoms with E-state index >= 15 is 0 Å². The molecular weight excluding hydrogens is 184 g/mol. The molecule has 2 heteroatoms. The second kappa shape index (κ2) is 5.76. The fraction of sp³-hybridized carbons (Fsp3) is 0.538. The van der Waals surface area contributed by atoms with Crippen LogP contribution in [0, 0.1) is 6.92 Å². The molecule has 0 fully saturated rings. The number of benzene rings is 1. The number of rotatable bonds is 5. The van der Waals surface area contributed by atoms with Crippen molar-refractivity contribution in [1.82, 2.24) is 4.90 Å². The standard InChI is InChI=1S/C13H22N2/c1-5-12-10-13(7-6-11(12)2)14-8-9-15(3)4/h6-7,10,14H,5,8-9H2,1-4H3. The zero-order valence-corrected chi connectivity index (χ0v) is 10.3. The molecular formula is C13H22N2. The number of nitrogens with one attached hydrogen (secondary N) is 1. The molecule has 1 rings (SSSR count). The molecule has 0 unspecified atom stereocenters. The van der Waals surface area contributed by atoms with Crippen molar-refractivity contribution in [1.29, 1.82) is 0 Å². The third kappa shape index (κ3) is 3.92. The van der Waals surface area contributed by atoms with Gasteiger partial charge in [0.2, 0.25) is 0 Å². The first-order chi connectivity index (χ1) is 7.13. The lowest BCUT2D eigenvalue weighted by Gasteiger charge is -2.12. The highest BCUT2D eigenvalue weighted by Crippen LogP contribution is 2.15. The molecule has 0 amide bonds. The molecule has 0 heterocycles. The van der Waals surface area contributed by atoms with Gasteiger partial charge in [-0.15, -0.1) is 0 Å². The van der Waals surface area contributed by atoms with Crippen LogP contribution in [-0.4, -0.2) is 32.1 Å². The molecule has 84 valence electrons. The summed E-state index contributed by atoms with van der Waals surface area (Å²) in [7, 11) is 4.18. The zero-order chi connectivity index (χ0) is 11.3. The van der Waals surface area contributed by atoms with Crippen molar-refractivity contribution in [3.8, 4) is 0 Å². The molecule has 1 N–H and O–H groups in total. The third-order valence-electron chi connectivity index (χ3n) is 2.62. The highest BCUT2D eigenvalue weighted by atomic mass is 15.1. The summed E-state index contributed by atoms with van der Waals surface area (Å²) >= 11 is 0. The number of anilines is 1. The number of hydrogen-bond acceptors (Lipinski definition) is 2. The first kappa shape index (κ1) is 12.1. The van der Waals surface area contributed by atoms with Gasteiger partial charge in [0.25, 0.3) is 0 Å². The Morgan fingerprint density at radius 1 is 1.27 bits per heavy atom. The lowest BCUT2D eigenvalue weighted by atomic mass is 10.1. The van der Waals surface area contributed by atoms with Gasteiger partial charge in [0, 0.05) is 18.8 Å². The molecule has 0 aliphatic heterocycles. The van der Waals surface area contributed by atoms with Gasteiger partial charge in [-0.3, -0.25) is 0 Å². The molecule has 0 aliphatic rings. The maximum atomic E-state index is 3.44. The van der Waals surface area contributed by atoms with Crippen molar-refractivity contribution in [2.24, 2.45) is 0 Å². The van der Waals surface area contributed by atoms with Gasteiger partial charge in [-0.2, -0.15) is 0 Å². The van der Waals surface area contributed by atoms with Crippen LogP contribution >= 0.6 is 0 Å². The lowest BCUT2D eigenvalue weighted by molar-refractivity contribution is 0.425. The van der Waals surface area contributed by atoms with E-state index < -0.39 is 0 Å². The van der Waals surface area contributed by atoms with Gasteiger partial charge in [0.1, 0.15) is 0 Å². The maximum absolute atomic E-state index is 3.44. The predicted molar refractivity (Wildman–Crippen MR) is 67.6 cm³/mol. The van der Waals surface area contributed by atoms with Gasteiger partial charge in [0.05, 0.1) is 0 Å². The summed E-state index contributed by atoms with van der Waals surface area (Å²) in [6.07, 6.45) is 1.11. The Bertz CT molecular complexity index is 305. The van der Waals surface area contributed by atoms with Gasteiger partial charge in [-0.1, -0.05) is 13.0 Å². The Labute approximate surface area is 93.3 Å². The smallest absolute Gasteiger partial charge is 0.0343 e. The summed E-state index contributed by atoms with van der Waals surface area (Å²) in [5, 5.41) is 3.44. The Balaban J connectivity index is 2.54. The topological polar surface area (TPSA) is 15.3 Å². The molecule has 0 saturated carbocycles. The van der Waals surface area contributed by atoms with Crippen LogP contribution in [0.1, 0.15) is 18.1 Å². The van der Waals surface area contributed by atoms with Gasteiger partial charge in [0.15, 0.2) is 0 Å². The summed E-state index contributed by atoms with van der Waals surface area (Å²) in [4.78, 5) is 2.18. The van der Waals surface area contributed by atoms with E-state index in [9.17, 15) is 0 Å². The molecule has 0 atom stereocenters. The van der Waals surface area contributed by atoms with Crippen molar-refractivity contribution in [3.63, 3.8) is 0 Å². The van der Waals surface area contributed by atoms with Crippen LogP contribution in [0.25, 0.3) is 0 Å². The summed E-state index contributed by atoms with van der Waals surface area (Å²) in [6, 6.07) is 6.60. The highest BCUT2D eigenvalue weighted by Gasteiger charge is 1.98. The average molecular weight is 206 g/mol. The highest BCUT2D eigenvalue weighted by molar-refractivity contribution is 5.48. The Morgan fingerprint density at radius 2 is 2.00 bits per heavy atom. The van der Waals surface area contributed by atoms with E-state index in [1.807, 2.05) is 0 Å². The molecule has 0 aromatic heterocycles. The second-order valence-corrected chi connectivity index (χ2v) is 4.22. The first-order valence-corrected chi connectivity index (χ1v) is 5.61. The normalized spacial score (nSPS) is 10.7. The predicted octanol–water partition coefficient (Wildman–Crippen LogP) is 2.53. The lowest BCUT2D eigenvalue weighted by Crippen LogP contribution is -2.20. The fourth-order valence-corrected chi connectivity index (χ4v) is 1.59. The number of aryl methyl sites for hydroxylation is 2. The van der Waals surface area contributed by atoms with Crippen molar-refractivity contribution in [3.05, 3.63) is 29.3 Å². The second-order valence-electron chi connectivity index (χ2n) is 4.22. The Kier molecular flexibility index (Phi) is 4.63. The monoisotopic (exact) mass is 206 g/mol. The fourth-order valence-electron chi connectivity index (χ4n) is 1.59. The molecule has 0 aliphatic carbocycles. The molecule has 1 aromatic rings. The quantitative estimate of drug-likeness (QED) is 0.796. The summed E-state index contributed by atoms with van der Waals surface area (Å²) < 4.78 is 0. The van der Waals surface area contributed by atoms with Crippen molar-refractivity contribution in [2.75, 3.05) is 32.5 Å². The molecule has 15 heavy (non-hydrogen) atoms. The largest absolute Gasteiger partial charge is 0.384 e. The minimum atomic E-state index is 0.999. The number of likely N-dealkylation sites (N-methyl/N-ethyl adjacent to an activating group) is 1. The SMILES string of the molecule is CCc1cc(NCCN(C)C)ccc1C. The van der Waals surface area contributed by atoms with Crippen molar-refractivity contribution < 1.29 is 0 Å². The summed E-state index contributed by atoms with van der Waals surface area (Å²) in [5.74, 6) is 0. The molecule has 0 bridgehead atoms. The van der Waals surface area contributed by atoms with Gasteiger partial charge >= 0.3 is 0 Å². The summed E-state index contributed by atoms with van der Waals surface area (Å²) in [5.41, 5.74) is 4.06. The number of nitrogens with zero attached hydrogens (tertiary/aromatic N) is 1. The minimum Gasteiger partial charge on any atom is -0.384 e. The summed E-state index contributed by atoms with van der Waals surface area (Å²) in [6.45, 7) is 6.43. The van der Waals surface area contributed by atoms with Gasteiger partial charge in [-0.05, 0) is 50.7 Å². The molecule has 0 spiro atoms. The average Bonchev–Trinajstić information content (AvgIpc) is 2.20. The van der Waals surface area contributed by atoms with Gasteiger partial charge in [-0.25, -0.2) is 0 Å². The van der Waals surface area contributed by atoms with Crippen molar-refractivity contribution in [2.45, 2.75) is 20.3 Å². The van der Waals surface area contributed by atoms with Crippen LogP contribution in [0.4, 0.5) is 5.69 Å². The van der Waals surface area contributed by atoms with Crippen LogP contribution in [0.5, 0.6) is 0 Å². The Morgan fingerprint density at radius 3 is 2.60 bits per heavy atom. The first-order valence-electron chi connectivity index (χ1n) is 5.61. The number of hydrogen-bond donors (Lipinski definition) is 1. The van der Waals surface area contributed by atoms with Crippen molar-refractivity contribution >= 4 is 5.69 Å². The van der Waals surface area contributed by atoms with E-state index in [4.69, 9.17) is 0 Å². The van der Waals surface area contributed by atoms with E-state index in [2.05, 4.69) is 56.4 Å². The van der Waals surface area contributed by atoms with Crippen LogP contribution in [-0.2, 0) is 6.42 Å². The van der Waals surface area contributed by atoms with Gasteiger partial charge < -0.3 is 10.2 Å². The van der Waals surface area contributed by atoms with E-state index in [1.165, 1.54) is 16.8 Å². The molecule has 1 aromatic carbocycles. The molecule has 0 radical (unpaired) electrons. The molecule has 0 saturated heterocycles. The third-order valence-corrected chi connectivity index (χ3v) is 2.62. The van der Waals surface area contributed by atoms with Crippen LogP contribution in [0.15, 0.2) is 18.2 Å². The van der Waals surface area contributed by atoms with E-state index in [-0.39, 0.29) is 0 Å². The van der Waals surface area contributed by atoms with Crippen LogP contribution in [0.2, 0.25) is 0 Å².